The molecule has 9 nitrogen and oxygen atoms in total. The molecular weight excluding hydrogens is 294 g/mol. The van der Waals surface area contributed by atoms with Crippen LogP contribution in [0, 0.1) is 0 Å². The number of phenols is 2. The van der Waals surface area contributed by atoms with Gasteiger partial charge in [0.05, 0.1) is 11.3 Å². The summed E-state index contributed by atoms with van der Waals surface area (Å²) in [6.07, 6.45) is -1.52. The molecule has 116 valence electrons. The van der Waals surface area contributed by atoms with Gasteiger partial charge in [-0.25, -0.2) is 0 Å². The molecule has 6 N–H and O–H groups in total. The van der Waals surface area contributed by atoms with Crippen molar-refractivity contribution < 1.29 is 29.7 Å². The number of piperidine rings is 1. The van der Waals surface area contributed by atoms with Crippen LogP contribution >= 0.6 is 0 Å². The summed E-state index contributed by atoms with van der Waals surface area (Å²) in [6.45, 7) is 0. The fraction of sp³-hybridized carbons (Fsp3) is 0.308. The third-order valence-electron chi connectivity index (χ3n) is 3.88. The Morgan fingerprint density at radius 1 is 1.23 bits per heavy atom. The van der Waals surface area contributed by atoms with Crippen molar-refractivity contribution >= 4 is 23.4 Å². The van der Waals surface area contributed by atoms with E-state index in [0.29, 0.717) is 0 Å². The number of benzene rings is 1. The smallest absolute Gasteiger partial charge is 0.261 e. The molecule has 3 amide bonds. The van der Waals surface area contributed by atoms with Gasteiger partial charge in [-0.3, -0.25) is 24.6 Å². The van der Waals surface area contributed by atoms with Gasteiger partial charge in [0.1, 0.15) is 17.5 Å². The number of hydrogen-bond acceptors (Lipinski definition) is 7. The molecule has 2 aliphatic heterocycles. The number of imide groups is 1. The van der Waals surface area contributed by atoms with Gasteiger partial charge in [-0.1, -0.05) is 0 Å². The minimum atomic E-state index is -1.59. The standard InChI is InChI=1S/C13H13N3O6/c14-10-6(18)3-5(17)8-9(10)13(22)16(12(8)21)4-1-2-7(19)15-11(4)20/h3-4,13,17-18,22H,1-2,14H2,(H,15,19,20). The number of amides is 3. The van der Waals surface area contributed by atoms with Gasteiger partial charge in [-0.05, 0) is 6.42 Å². The first kappa shape index (κ1) is 14.1. The summed E-state index contributed by atoms with van der Waals surface area (Å²) in [5.74, 6) is -2.98. The molecule has 1 fully saturated rings. The molecule has 9 heteroatoms. The molecule has 3 rings (SSSR count). The summed E-state index contributed by atoms with van der Waals surface area (Å²) in [7, 11) is 0. The highest BCUT2D eigenvalue weighted by molar-refractivity contribution is 6.08. The van der Waals surface area contributed by atoms with Crippen molar-refractivity contribution in [1.29, 1.82) is 0 Å². The minimum Gasteiger partial charge on any atom is -0.507 e. The Balaban J connectivity index is 2.06. The number of aliphatic hydroxyl groups is 1. The lowest BCUT2D eigenvalue weighted by Crippen LogP contribution is -2.53. The zero-order chi connectivity index (χ0) is 16.2. The minimum absolute atomic E-state index is 0.0238. The van der Waals surface area contributed by atoms with E-state index >= 15 is 0 Å². The number of carbonyl (C=O) groups excluding carboxylic acids is 3. The molecule has 2 aliphatic rings. The van der Waals surface area contributed by atoms with Crippen LogP contribution in [0.4, 0.5) is 5.69 Å². The Morgan fingerprint density at radius 2 is 1.91 bits per heavy atom. The zero-order valence-electron chi connectivity index (χ0n) is 11.2. The van der Waals surface area contributed by atoms with Crippen LogP contribution in [0.25, 0.3) is 0 Å². The van der Waals surface area contributed by atoms with Crippen molar-refractivity contribution in [1.82, 2.24) is 10.2 Å². The maximum Gasteiger partial charge on any atom is 0.261 e. The second kappa shape index (κ2) is 4.60. The number of fused-ring (bicyclic) bond motifs is 1. The summed E-state index contributed by atoms with van der Waals surface area (Å²) in [5.41, 5.74) is 5.00. The number of anilines is 1. The first-order valence-electron chi connectivity index (χ1n) is 6.51. The van der Waals surface area contributed by atoms with E-state index in [1.54, 1.807) is 0 Å². The predicted molar refractivity (Wildman–Crippen MR) is 71.5 cm³/mol. The Kier molecular flexibility index (Phi) is 2.96. The van der Waals surface area contributed by atoms with Crippen molar-refractivity contribution in [3.8, 4) is 11.5 Å². The molecule has 0 aromatic heterocycles. The number of nitrogens with zero attached hydrogens (tertiary/aromatic N) is 1. The number of nitrogens with one attached hydrogen (secondary N) is 1. The fourth-order valence-electron chi connectivity index (χ4n) is 2.82. The Hall–Kier alpha value is -2.81. The Bertz CT molecular complexity index is 716. The second-order valence-corrected chi connectivity index (χ2v) is 5.17. The molecule has 0 aliphatic carbocycles. The van der Waals surface area contributed by atoms with E-state index < -0.39 is 41.5 Å². The predicted octanol–water partition coefficient (Wildman–Crippen LogP) is -1.07. The van der Waals surface area contributed by atoms with E-state index in [4.69, 9.17) is 5.73 Å². The number of aromatic hydroxyl groups is 2. The summed E-state index contributed by atoms with van der Waals surface area (Å²) in [4.78, 5) is 36.3. The summed E-state index contributed by atoms with van der Waals surface area (Å²) in [5, 5.41) is 31.8. The maximum absolute atomic E-state index is 12.4. The van der Waals surface area contributed by atoms with Gasteiger partial charge in [0.2, 0.25) is 11.8 Å². The Morgan fingerprint density at radius 3 is 2.55 bits per heavy atom. The average Bonchev–Trinajstić information content (AvgIpc) is 2.69. The van der Waals surface area contributed by atoms with Crippen molar-refractivity contribution in [3.63, 3.8) is 0 Å². The molecule has 0 radical (unpaired) electrons. The SMILES string of the molecule is Nc1c(O)cc(O)c2c1C(O)N(C1CCC(=O)NC1=O)C2=O. The monoisotopic (exact) mass is 307 g/mol. The summed E-state index contributed by atoms with van der Waals surface area (Å²) >= 11 is 0. The molecule has 1 aromatic rings. The first-order chi connectivity index (χ1) is 10.3. The van der Waals surface area contributed by atoms with Crippen LogP contribution in [0.2, 0.25) is 0 Å². The van der Waals surface area contributed by atoms with Crippen molar-refractivity contribution in [2.24, 2.45) is 0 Å². The number of hydrogen-bond donors (Lipinski definition) is 5. The van der Waals surface area contributed by atoms with Crippen molar-refractivity contribution in [2.45, 2.75) is 25.1 Å². The maximum atomic E-state index is 12.4. The molecule has 0 saturated carbocycles. The lowest BCUT2D eigenvalue weighted by atomic mass is 10.0. The number of aliphatic hydroxyl groups excluding tert-OH is 1. The van der Waals surface area contributed by atoms with Gasteiger partial charge in [-0.15, -0.1) is 0 Å². The highest BCUT2D eigenvalue weighted by atomic mass is 16.3. The molecule has 22 heavy (non-hydrogen) atoms. The van der Waals surface area contributed by atoms with Crippen LogP contribution in [-0.2, 0) is 9.59 Å². The number of rotatable bonds is 1. The second-order valence-electron chi connectivity index (χ2n) is 5.17. The fourth-order valence-corrected chi connectivity index (χ4v) is 2.82. The van der Waals surface area contributed by atoms with E-state index in [-0.39, 0.29) is 29.7 Å². The van der Waals surface area contributed by atoms with Crippen molar-refractivity contribution in [3.05, 3.63) is 17.2 Å². The number of carbonyl (C=O) groups is 3. The molecule has 2 unspecified atom stereocenters. The van der Waals surface area contributed by atoms with Gasteiger partial charge >= 0.3 is 0 Å². The zero-order valence-corrected chi connectivity index (χ0v) is 11.2. The van der Waals surface area contributed by atoms with Gasteiger partial charge in [-0.2, -0.15) is 0 Å². The number of phenolic OH excluding ortho intramolecular Hbond substituents is 2. The molecule has 1 aromatic carbocycles. The highest BCUT2D eigenvalue weighted by Crippen LogP contribution is 2.45. The third kappa shape index (κ3) is 1.79. The highest BCUT2D eigenvalue weighted by Gasteiger charge is 2.47. The van der Waals surface area contributed by atoms with Crippen LogP contribution in [0.15, 0.2) is 6.07 Å². The van der Waals surface area contributed by atoms with Crippen LogP contribution in [0.3, 0.4) is 0 Å². The molecule has 1 saturated heterocycles. The quantitative estimate of drug-likeness (QED) is 0.192. The van der Waals surface area contributed by atoms with E-state index in [1.807, 2.05) is 0 Å². The van der Waals surface area contributed by atoms with E-state index in [2.05, 4.69) is 5.32 Å². The van der Waals surface area contributed by atoms with E-state index in [9.17, 15) is 29.7 Å². The number of nitrogen functional groups attached to an aromatic ring is 1. The van der Waals surface area contributed by atoms with Crippen LogP contribution in [0.1, 0.15) is 35.0 Å². The molecule has 2 heterocycles. The molecular formula is C13H13N3O6. The summed E-state index contributed by atoms with van der Waals surface area (Å²) < 4.78 is 0. The van der Waals surface area contributed by atoms with Gasteiger partial charge < -0.3 is 21.1 Å². The van der Waals surface area contributed by atoms with Gasteiger partial charge in [0.15, 0.2) is 6.23 Å². The van der Waals surface area contributed by atoms with E-state index in [1.165, 1.54) is 0 Å². The number of nitrogens with two attached hydrogens (primary N) is 1. The molecule has 0 bridgehead atoms. The largest absolute Gasteiger partial charge is 0.507 e. The lowest BCUT2D eigenvalue weighted by Gasteiger charge is -2.32. The van der Waals surface area contributed by atoms with Gasteiger partial charge in [0, 0.05) is 18.1 Å². The van der Waals surface area contributed by atoms with Crippen molar-refractivity contribution in [2.75, 3.05) is 5.73 Å². The summed E-state index contributed by atoms with van der Waals surface area (Å²) in [6, 6.07) is -0.166. The van der Waals surface area contributed by atoms with E-state index in [0.717, 1.165) is 11.0 Å². The third-order valence-corrected chi connectivity index (χ3v) is 3.88. The topological polar surface area (TPSA) is 153 Å². The normalized spacial score (nSPS) is 24.4. The lowest BCUT2D eigenvalue weighted by molar-refractivity contribution is -0.139. The first-order valence-corrected chi connectivity index (χ1v) is 6.51. The Labute approximate surface area is 123 Å². The molecule has 2 atom stereocenters. The average molecular weight is 307 g/mol. The van der Waals surface area contributed by atoms with Crippen LogP contribution in [0.5, 0.6) is 11.5 Å². The van der Waals surface area contributed by atoms with Crippen LogP contribution < -0.4 is 11.1 Å². The van der Waals surface area contributed by atoms with Crippen LogP contribution in [-0.4, -0.2) is 44.0 Å². The molecule has 0 spiro atoms. The van der Waals surface area contributed by atoms with Gasteiger partial charge in [0.25, 0.3) is 5.91 Å².